The number of aliphatic hydroxyl groups excluding tert-OH is 1. The largest absolute Gasteiger partial charge is 0.392 e. The Morgan fingerprint density at radius 3 is 3.04 bits per heavy atom. The number of carbonyl (C=O) groups excluding carboxylic acids is 1. The van der Waals surface area contributed by atoms with Gasteiger partial charge in [0.25, 0.3) is 0 Å². The standard InChI is InChI=1S/C19H24N2O2S/c1-19(10-5-4-8-16(19)22)13-21-17(23)12-24-18-15-7-3-2-6-14(15)9-11-20-18/h2-3,6-7,9,11,16,22H,4-5,8,10,12-13H2,1H3,(H,21,23). The summed E-state index contributed by atoms with van der Waals surface area (Å²) < 4.78 is 0. The number of nitrogens with one attached hydrogen (secondary N) is 1. The van der Waals surface area contributed by atoms with Gasteiger partial charge in [0.15, 0.2) is 0 Å². The molecule has 0 radical (unpaired) electrons. The maximum absolute atomic E-state index is 12.2. The molecule has 1 saturated carbocycles. The van der Waals surface area contributed by atoms with Gasteiger partial charge in [-0.1, -0.05) is 55.8 Å². The Morgan fingerprint density at radius 1 is 1.38 bits per heavy atom. The highest BCUT2D eigenvalue weighted by atomic mass is 32.2. The van der Waals surface area contributed by atoms with Crippen LogP contribution in [0.25, 0.3) is 10.8 Å². The molecule has 1 aliphatic rings. The summed E-state index contributed by atoms with van der Waals surface area (Å²) in [6.07, 6.45) is 5.46. The summed E-state index contributed by atoms with van der Waals surface area (Å²) in [6, 6.07) is 10.0. The number of aliphatic hydroxyl groups is 1. The molecule has 128 valence electrons. The zero-order chi connectivity index (χ0) is 17.0. The molecule has 2 unspecified atom stereocenters. The number of carbonyl (C=O) groups is 1. The highest BCUT2D eigenvalue weighted by Gasteiger charge is 2.35. The number of pyridine rings is 1. The van der Waals surface area contributed by atoms with E-state index in [1.54, 1.807) is 6.20 Å². The molecule has 1 aliphatic carbocycles. The Hall–Kier alpha value is -1.59. The predicted molar refractivity (Wildman–Crippen MR) is 98.1 cm³/mol. The second kappa shape index (κ2) is 7.53. The maximum Gasteiger partial charge on any atom is 0.230 e. The molecule has 1 amide bonds. The van der Waals surface area contributed by atoms with E-state index in [9.17, 15) is 9.90 Å². The van der Waals surface area contributed by atoms with Crippen LogP contribution < -0.4 is 5.32 Å². The number of hydrogen-bond donors (Lipinski definition) is 2. The monoisotopic (exact) mass is 344 g/mol. The first-order valence-electron chi connectivity index (χ1n) is 8.50. The van der Waals surface area contributed by atoms with Crippen molar-refractivity contribution in [2.75, 3.05) is 12.3 Å². The van der Waals surface area contributed by atoms with Gasteiger partial charge >= 0.3 is 0 Å². The molecule has 1 aromatic carbocycles. The van der Waals surface area contributed by atoms with Crippen molar-refractivity contribution in [2.24, 2.45) is 5.41 Å². The van der Waals surface area contributed by atoms with Crippen molar-refractivity contribution in [3.05, 3.63) is 36.5 Å². The van der Waals surface area contributed by atoms with Gasteiger partial charge in [-0.3, -0.25) is 4.79 Å². The zero-order valence-corrected chi connectivity index (χ0v) is 14.8. The molecule has 5 heteroatoms. The molecule has 4 nitrogen and oxygen atoms in total. The molecule has 0 bridgehead atoms. The quantitative estimate of drug-likeness (QED) is 0.816. The Balaban J connectivity index is 1.55. The molecule has 2 aromatic rings. The van der Waals surface area contributed by atoms with Gasteiger partial charge in [0.1, 0.15) is 5.03 Å². The fraction of sp³-hybridized carbons (Fsp3) is 0.474. The third-order valence-electron chi connectivity index (χ3n) is 4.95. The topological polar surface area (TPSA) is 62.2 Å². The lowest BCUT2D eigenvalue weighted by atomic mass is 9.73. The lowest BCUT2D eigenvalue weighted by Gasteiger charge is -2.38. The summed E-state index contributed by atoms with van der Waals surface area (Å²) in [5, 5.41) is 16.3. The minimum atomic E-state index is -0.320. The third-order valence-corrected chi connectivity index (χ3v) is 5.95. The molecule has 1 fully saturated rings. The second-order valence-electron chi connectivity index (χ2n) is 6.82. The average Bonchev–Trinajstić information content (AvgIpc) is 2.61. The highest BCUT2D eigenvalue weighted by molar-refractivity contribution is 8.00. The lowest BCUT2D eigenvalue weighted by molar-refractivity contribution is -0.119. The molecule has 3 rings (SSSR count). The van der Waals surface area contributed by atoms with Crippen molar-refractivity contribution in [2.45, 2.75) is 43.7 Å². The van der Waals surface area contributed by atoms with Crippen molar-refractivity contribution in [3.63, 3.8) is 0 Å². The third kappa shape index (κ3) is 3.90. The average molecular weight is 344 g/mol. The number of aromatic nitrogens is 1. The van der Waals surface area contributed by atoms with Crippen LogP contribution in [0.3, 0.4) is 0 Å². The summed E-state index contributed by atoms with van der Waals surface area (Å²) in [5.41, 5.74) is -0.198. The van der Waals surface area contributed by atoms with Crippen LogP contribution in [0.15, 0.2) is 41.6 Å². The van der Waals surface area contributed by atoms with Crippen LogP contribution in [0, 0.1) is 5.41 Å². The molecule has 0 aliphatic heterocycles. The molecule has 0 spiro atoms. The van der Waals surface area contributed by atoms with E-state index in [1.807, 2.05) is 30.3 Å². The van der Waals surface area contributed by atoms with Crippen LogP contribution in [0.5, 0.6) is 0 Å². The Labute approximate surface area is 147 Å². The van der Waals surface area contributed by atoms with Gasteiger partial charge in [0.2, 0.25) is 5.91 Å². The van der Waals surface area contributed by atoms with Crippen LogP contribution in [0.4, 0.5) is 0 Å². The fourth-order valence-corrected chi connectivity index (χ4v) is 4.13. The van der Waals surface area contributed by atoms with Crippen molar-refractivity contribution in [3.8, 4) is 0 Å². The SMILES string of the molecule is CC1(CNC(=O)CSc2nccc3ccccc23)CCCCC1O. The van der Waals surface area contributed by atoms with E-state index in [2.05, 4.69) is 17.2 Å². The van der Waals surface area contributed by atoms with Gasteiger partial charge < -0.3 is 10.4 Å². The van der Waals surface area contributed by atoms with Gasteiger partial charge in [-0.25, -0.2) is 4.98 Å². The first kappa shape index (κ1) is 17.2. The van der Waals surface area contributed by atoms with Gasteiger partial charge in [-0.05, 0) is 24.3 Å². The second-order valence-corrected chi connectivity index (χ2v) is 7.78. The minimum absolute atomic E-state index is 0.00580. The van der Waals surface area contributed by atoms with Crippen molar-refractivity contribution < 1.29 is 9.90 Å². The molecule has 0 saturated heterocycles. The van der Waals surface area contributed by atoms with E-state index in [0.29, 0.717) is 12.3 Å². The summed E-state index contributed by atoms with van der Waals surface area (Å²) >= 11 is 1.46. The Bertz CT molecular complexity index is 716. The summed E-state index contributed by atoms with van der Waals surface area (Å²) in [5.74, 6) is 0.335. The van der Waals surface area contributed by atoms with Crippen LogP contribution in [-0.4, -0.2) is 34.4 Å². The molecular formula is C19H24N2O2S. The zero-order valence-electron chi connectivity index (χ0n) is 14.0. The van der Waals surface area contributed by atoms with Crippen LogP contribution >= 0.6 is 11.8 Å². The van der Waals surface area contributed by atoms with Crippen LogP contribution in [0.2, 0.25) is 0 Å². The summed E-state index contributed by atoms with van der Waals surface area (Å²) in [6.45, 7) is 2.60. The predicted octanol–water partition coefficient (Wildman–Crippen LogP) is 3.38. The van der Waals surface area contributed by atoms with E-state index in [0.717, 1.165) is 41.5 Å². The summed E-state index contributed by atoms with van der Waals surface area (Å²) in [7, 11) is 0. The van der Waals surface area contributed by atoms with Gasteiger partial charge in [-0.15, -0.1) is 0 Å². The Morgan fingerprint density at radius 2 is 2.21 bits per heavy atom. The molecule has 24 heavy (non-hydrogen) atoms. The molecule has 2 atom stereocenters. The van der Waals surface area contributed by atoms with E-state index < -0.39 is 0 Å². The molecule has 1 aromatic heterocycles. The normalized spacial score (nSPS) is 24.0. The number of fused-ring (bicyclic) bond motifs is 1. The number of amides is 1. The van der Waals surface area contributed by atoms with E-state index >= 15 is 0 Å². The lowest BCUT2D eigenvalue weighted by Crippen LogP contribution is -2.45. The number of hydrogen-bond acceptors (Lipinski definition) is 4. The Kier molecular flexibility index (Phi) is 5.41. The number of nitrogens with zero attached hydrogens (tertiary/aromatic N) is 1. The molecule has 2 N–H and O–H groups in total. The van der Waals surface area contributed by atoms with E-state index in [4.69, 9.17) is 0 Å². The van der Waals surface area contributed by atoms with Crippen molar-refractivity contribution in [1.82, 2.24) is 10.3 Å². The van der Waals surface area contributed by atoms with Crippen molar-refractivity contribution in [1.29, 1.82) is 0 Å². The number of thioether (sulfide) groups is 1. The van der Waals surface area contributed by atoms with Crippen molar-refractivity contribution >= 4 is 28.4 Å². The smallest absolute Gasteiger partial charge is 0.230 e. The number of rotatable bonds is 5. The first-order valence-corrected chi connectivity index (χ1v) is 9.48. The van der Waals surface area contributed by atoms with E-state index in [1.165, 1.54) is 11.8 Å². The summed E-state index contributed by atoms with van der Waals surface area (Å²) in [4.78, 5) is 16.6. The van der Waals surface area contributed by atoms with Gasteiger partial charge in [0, 0.05) is 23.5 Å². The fourth-order valence-electron chi connectivity index (χ4n) is 3.28. The van der Waals surface area contributed by atoms with Crippen LogP contribution in [0.1, 0.15) is 32.6 Å². The molecule has 1 heterocycles. The maximum atomic E-state index is 12.2. The van der Waals surface area contributed by atoms with Crippen LogP contribution in [-0.2, 0) is 4.79 Å². The highest BCUT2D eigenvalue weighted by Crippen LogP contribution is 2.35. The van der Waals surface area contributed by atoms with E-state index in [-0.39, 0.29) is 17.4 Å². The minimum Gasteiger partial charge on any atom is -0.392 e. The number of benzene rings is 1. The molecular weight excluding hydrogens is 320 g/mol. The van der Waals surface area contributed by atoms with Gasteiger partial charge in [-0.2, -0.15) is 0 Å². The first-order chi connectivity index (χ1) is 11.6. The van der Waals surface area contributed by atoms with Gasteiger partial charge in [0.05, 0.1) is 11.9 Å².